The Bertz CT molecular complexity index is 795. The summed E-state index contributed by atoms with van der Waals surface area (Å²) in [5.41, 5.74) is 5.68. The van der Waals surface area contributed by atoms with Crippen LogP contribution in [0, 0.1) is 3.57 Å². The molecule has 0 bridgehead atoms. The van der Waals surface area contributed by atoms with Gasteiger partial charge in [0.25, 0.3) is 5.91 Å². The molecule has 0 aliphatic rings. The fourth-order valence-electron chi connectivity index (χ4n) is 2.12. The van der Waals surface area contributed by atoms with E-state index < -0.39 is 11.8 Å². The Morgan fingerprint density at radius 2 is 1.76 bits per heavy atom. The van der Waals surface area contributed by atoms with Crippen LogP contribution in [0.1, 0.15) is 15.9 Å². The number of hydrogen-bond acceptors (Lipinski definition) is 5. The predicted molar refractivity (Wildman–Crippen MR) is 99.7 cm³/mol. The van der Waals surface area contributed by atoms with Crippen LogP contribution in [0.25, 0.3) is 0 Å². The van der Waals surface area contributed by atoms with E-state index in [9.17, 15) is 14.7 Å². The molecule has 0 atom stereocenters. The lowest BCUT2D eigenvalue weighted by Gasteiger charge is -2.12. The number of rotatable bonds is 5. The van der Waals surface area contributed by atoms with Crippen molar-refractivity contribution in [1.29, 1.82) is 0 Å². The maximum atomic E-state index is 12.3. The number of phenolic OH excluding ortho intramolecular Hbond substituents is 1. The van der Waals surface area contributed by atoms with Crippen LogP contribution in [0.2, 0.25) is 0 Å². The van der Waals surface area contributed by atoms with E-state index in [1.165, 1.54) is 32.4 Å². The van der Waals surface area contributed by atoms with Crippen molar-refractivity contribution in [3.8, 4) is 17.2 Å². The van der Waals surface area contributed by atoms with Crippen LogP contribution in [0.15, 0.2) is 36.4 Å². The van der Waals surface area contributed by atoms with Crippen molar-refractivity contribution >= 4 is 34.4 Å². The molecule has 0 saturated carbocycles. The zero-order valence-electron chi connectivity index (χ0n) is 13.6. The van der Waals surface area contributed by atoms with Crippen molar-refractivity contribution in [3.63, 3.8) is 0 Å². The number of hydrazine groups is 1. The number of hydrogen-bond donors (Lipinski definition) is 3. The highest BCUT2D eigenvalue weighted by Gasteiger charge is 2.16. The number of aromatic hydroxyl groups is 1. The number of carbonyl (C=O) groups excluding carboxylic acids is 2. The molecule has 0 radical (unpaired) electrons. The molecule has 0 fully saturated rings. The van der Waals surface area contributed by atoms with Crippen molar-refractivity contribution in [1.82, 2.24) is 10.9 Å². The van der Waals surface area contributed by atoms with Crippen molar-refractivity contribution in [2.45, 2.75) is 6.42 Å². The third-order valence-electron chi connectivity index (χ3n) is 3.31. The first-order valence-electron chi connectivity index (χ1n) is 7.23. The average Bonchev–Trinajstić information content (AvgIpc) is 2.59. The number of halogens is 1. The Kier molecular flexibility index (Phi) is 6.45. The molecule has 25 heavy (non-hydrogen) atoms. The van der Waals surface area contributed by atoms with Crippen molar-refractivity contribution in [3.05, 3.63) is 51.1 Å². The number of benzene rings is 2. The van der Waals surface area contributed by atoms with Crippen LogP contribution in [-0.4, -0.2) is 31.1 Å². The van der Waals surface area contributed by atoms with Crippen molar-refractivity contribution in [2.75, 3.05) is 14.2 Å². The molecule has 0 unspecified atom stereocenters. The van der Waals surface area contributed by atoms with Gasteiger partial charge < -0.3 is 14.6 Å². The number of carbonyl (C=O) groups is 2. The number of phenols is 1. The Hall–Kier alpha value is -2.49. The fraction of sp³-hybridized carbons (Fsp3) is 0.176. The molecule has 8 heteroatoms. The zero-order valence-corrected chi connectivity index (χ0v) is 15.8. The molecule has 0 aromatic heterocycles. The lowest BCUT2D eigenvalue weighted by Crippen LogP contribution is -2.42. The molecule has 132 valence electrons. The normalized spacial score (nSPS) is 10.0. The summed E-state index contributed by atoms with van der Waals surface area (Å²) in [5.74, 6) is 0.119. The molecule has 3 N–H and O–H groups in total. The van der Waals surface area contributed by atoms with E-state index in [0.29, 0.717) is 26.2 Å². The van der Waals surface area contributed by atoms with Gasteiger partial charge in [0.15, 0.2) is 11.5 Å². The Morgan fingerprint density at radius 3 is 2.40 bits per heavy atom. The highest BCUT2D eigenvalue weighted by molar-refractivity contribution is 14.1. The second-order valence-electron chi connectivity index (χ2n) is 5.04. The Morgan fingerprint density at radius 1 is 1.08 bits per heavy atom. The average molecular weight is 456 g/mol. The third kappa shape index (κ3) is 4.99. The van der Waals surface area contributed by atoms with Gasteiger partial charge >= 0.3 is 0 Å². The molecule has 0 saturated heterocycles. The number of methoxy groups -OCH3 is 2. The van der Waals surface area contributed by atoms with Crippen LogP contribution in [0.3, 0.4) is 0 Å². The summed E-state index contributed by atoms with van der Waals surface area (Å²) in [5, 5.41) is 9.39. The first-order valence-corrected chi connectivity index (χ1v) is 8.31. The van der Waals surface area contributed by atoms with Gasteiger partial charge in [-0.1, -0.05) is 12.1 Å². The summed E-state index contributed by atoms with van der Waals surface area (Å²) >= 11 is 2.00. The molecular formula is C17H17IN2O5. The summed E-state index contributed by atoms with van der Waals surface area (Å²) in [4.78, 5) is 24.2. The summed E-state index contributed by atoms with van der Waals surface area (Å²) in [6.45, 7) is 0. The van der Waals surface area contributed by atoms with E-state index in [1.54, 1.807) is 18.2 Å². The molecule has 0 aliphatic carbocycles. The van der Waals surface area contributed by atoms with Crippen LogP contribution in [0.5, 0.6) is 17.2 Å². The molecule has 2 amide bonds. The van der Waals surface area contributed by atoms with Gasteiger partial charge in [0.1, 0.15) is 5.75 Å². The van der Waals surface area contributed by atoms with E-state index in [-0.39, 0.29) is 12.2 Å². The SMILES string of the molecule is COc1cc(I)c(C(=O)NNC(=O)Cc2cccc(O)c2)cc1OC. The summed E-state index contributed by atoms with van der Waals surface area (Å²) in [6.07, 6.45) is 0.0255. The smallest absolute Gasteiger partial charge is 0.270 e. The second-order valence-corrected chi connectivity index (χ2v) is 6.20. The van der Waals surface area contributed by atoms with E-state index in [4.69, 9.17) is 9.47 Å². The van der Waals surface area contributed by atoms with E-state index in [2.05, 4.69) is 10.9 Å². The van der Waals surface area contributed by atoms with Crippen molar-refractivity contribution < 1.29 is 24.2 Å². The zero-order chi connectivity index (χ0) is 18.4. The van der Waals surface area contributed by atoms with Gasteiger partial charge in [-0.05, 0) is 52.4 Å². The minimum absolute atomic E-state index is 0.0255. The second kappa shape index (κ2) is 8.56. The number of amides is 2. The quantitative estimate of drug-likeness (QED) is 0.473. The van der Waals surface area contributed by atoms with E-state index >= 15 is 0 Å². The maximum Gasteiger partial charge on any atom is 0.270 e. The van der Waals surface area contributed by atoms with Crippen LogP contribution < -0.4 is 20.3 Å². The summed E-state index contributed by atoms with van der Waals surface area (Å²) in [7, 11) is 2.98. The number of nitrogens with one attached hydrogen (secondary N) is 2. The van der Waals surface area contributed by atoms with Gasteiger partial charge in [0, 0.05) is 3.57 Å². The van der Waals surface area contributed by atoms with E-state index in [0.717, 1.165) is 0 Å². The summed E-state index contributed by atoms with van der Waals surface area (Å²) < 4.78 is 11.0. The van der Waals surface area contributed by atoms with Gasteiger partial charge in [-0.3, -0.25) is 20.4 Å². The first-order chi connectivity index (χ1) is 11.9. The van der Waals surface area contributed by atoms with Crippen LogP contribution in [-0.2, 0) is 11.2 Å². The minimum Gasteiger partial charge on any atom is -0.508 e. The largest absolute Gasteiger partial charge is 0.508 e. The molecule has 0 spiro atoms. The highest BCUT2D eigenvalue weighted by atomic mass is 127. The van der Waals surface area contributed by atoms with Gasteiger partial charge in [-0.15, -0.1) is 0 Å². The molecule has 0 heterocycles. The number of ether oxygens (including phenoxy) is 2. The molecular weight excluding hydrogens is 439 g/mol. The maximum absolute atomic E-state index is 12.3. The Labute approximate surface area is 158 Å². The Balaban J connectivity index is 2.01. The topological polar surface area (TPSA) is 96.9 Å². The lowest BCUT2D eigenvalue weighted by molar-refractivity contribution is -0.121. The predicted octanol–water partition coefficient (Wildman–Crippen LogP) is 2.02. The fourth-order valence-corrected chi connectivity index (χ4v) is 2.80. The van der Waals surface area contributed by atoms with Gasteiger partial charge in [-0.2, -0.15) is 0 Å². The molecule has 2 aromatic carbocycles. The van der Waals surface area contributed by atoms with Gasteiger partial charge in [0.05, 0.1) is 26.2 Å². The van der Waals surface area contributed by atoms with E-state index in [1.807, 2.05) is 22.6 Å². The van der Waals surface area contributed by atoms with Crippen LogP contribution >= 0.6 is 22.6 Å². The lowest BCUT2D eigenvalue weighted by atomic mass is 10.1. The molecule has 2 rings (SSSR count). The third-order valence-corrected chi connectivity index (χ3v) is 4.20. The monoisotopic (exact) mass is 456 g/mol. The first kappa shape index (κ1) is 18.8. The van der Waals surface area contributed by atoms with Crippen molar-refractivity contribution in [2.24, 2.45) is 0 Å². The standard InChI is InChI=1S/C17H17IN2O5/c1-24-14-8-12(13(18)9-15(14)25-2)17(23)20-19-16(22)7-10-4-3-5-11(21)6-10/h3-6,8-9,21H,7H2,1-2H3,(H,19,22)(H,20,23). The summed E-state index contributed by atoms with van der Waals surface area (Å²) in [6, 6.07) is 9.56. The molecule has 2 aromatic rings. The molecule has 7 nitrogen and oxygen atoms in total. The minimum atomic E-state index is -0.477. The molecule has 0 aliphatic heterocycles. The highest BCUT2D eigenvalue weighted by Crippen LogP contribution is 2.31. The van der Waals surface area contributed by atoms with Crippen LogP contribution in [0.4, 0.5) is 0 Å². The van der Waals surface area contributed by atoms with Gasteiger partial charge in [-0.25, -0.2) is 0 Å². The van der Waals surface area contributed by atoms with Gasteiger partial charge in [0.2, 0.25) is 5.91 Å².